The van der Waals surface area contributed by atoms with Crippen molar-refractivity contribution >= 4 is 17.7 Å². The number of carbonyl (C=O) groups excluding carboxylic acids is 1. The molecule has 0 radical (unpaired) electrons. The molecule has 1 aromatic rings. The summed E-state index contributed by atoms with van der Waals surface area (Å²) in [5.74, 6) is 1.82. The van der Waals surface area contributed by atoms with Crippen LogP contribution < -0.4 is 15.5 Å². The van der Waals surface area contributed by atoms with Crippen molar-refractivity contribution in [3.8, 4) is 0 Å². The molecule has 2 rings (SSSR count). The molecule has 0 aliphatic carbocycles. The van der Waals surface area contributed by atoms with Gasteiger partial charge in [0.15, 0.2) is 0 Å². The third-order valence-electron chi connectivity index (χ3n) is 3.11. The molecule has 2 N–H and O–H groups in total. The van der Waals surface area contributed by atoms with E-state index in [2.05, 4.69) is 25.3 Å². The van der Waals surface area contributed by atoms with Crippen LogP contribution in [0.5, 0.6) is 0 Å². The van der Waals surface area contributed by atoms with E-state index in [1.54, 1.807) is 0 Å². The third-order valence-corrected chi connectivity index (χ3v) is 3.11. The molecule has 0 aromatic carbocycles. The number of alkyl carbamates (subject to hydrolysis) is 1. The van der Waals surface area contributed by atoms with Crippen molar-refractivity contribution in [1.82, 2.24) is 10.3 Å². The average Bonchev–Trinajstić information content (AvgIpc) is 2.88. The molecule has 1 aliphatic rings. The Morgan fingerprint density at radius 1 is 1.58 bits per heavy atom. The van der Waals surface area contributed by atoms with Gasteiger partial charge in [0.25, 0.3) is 0 Å². The van der Waals surface area contributed by atoms with Crippen molar-refractivity contribution in [1.29, 1.82) is 0 Å². The largest absolute Gasteiger partial charge is 0.453 e. The zero-order valence-electron chi connectivity index (χ0n) is 11.3. The topological polar surface area (TPSA) is 66.5 Å². The van der Waals surface area contributed by atoms with Gasteiger partial charge in [0.2, 0.25) is 0 Å². The van der Waals surface area contributed by atoms with Gasteiger partial charge in [-0.15, -0.1) is 0 Å². The summed E-state index contributed by atoms with van der Waals surface area (Å²) in [6.45, 7) is 4.54. The van der Waals surface area contributed by atoms with Crippen molar-refractivity contribution in [2.24, 2.45) is 0 Å². The molecule has 0 spiro atoms. The highest BCUT2D eigenvalue weighted by atomic mass is 16.5. The first-order chi connectivity index (χ1) is 9.22. The van der Waals surface area contributed by atoms with Crippen LogP contribution in [-0.4, -0.2) is 43.9 Å². The zero-order valence-corrected chi connectivity index (χ0v) is 11.3. The van der Waals surface area contributed by atoms with Crippen molar-refractivity contribution in [2.45, 2.75) is 19.4 Å². The molecule has 1 atom stereocenters. The smallest absolute Gasteiger partial charge is 0.407 e. The van der Waals surface area contributed by atoms with Gasteiger partial charge < -0.3 is 20.3 Å². The Balaban J connectivity index is 1.96. The van der Waals surface area contributed by atoms with Gasteiger partial charge in [0, 0.05) is 19.6 Å². The number of ether oxygens (including phenoxy) is 1. The van der Waals surface area contributed by atoms with Crippen molar-refractivity contribution in [3.05, 3.63) is 18.2 Å². The van der Waals surface area contributed by atoms with E-state index in [1.165, 1.54) is 7.11 Å². The molecular weight excluding hydrogens is 244 g/mol. The predicted molar refractivity (Wildman–Crippen MR) is 74.6 cm³/mol. The first kappa shape index (κ1) is 13.5. The molecule has 0 bridgehead atoms. The summed E-state index contributed by atoms with van der Waals surface area (Å²) in [5, 5.41) is 6.02. The monoisotopic (exact) mass is 264 g/mol. The molecule has 6 heteroatoms. The molecular formula is C13H20N4O2. The van der Waals surface area contributed by atoms with Gasteiger partial charge in [0.05, 0.1) is 13.2 Å². The first-order valence-corrected chi connectivity index (χ1v) is 6.53. The van der Waals surface area contributed by atoms with E-state index in [1.807, 2.05) is 25.1 Å². The average molecular weight is 264 g/mol. The number of amides is 1. The quantitative estimate of drug-likeness (QED) is 0.861. The summed E-state index contributed by atoms with van der Waals surface area (Å²) >= 11 is 0. The van der Waals surface area contributed by atoms with Gasteiger partial charge in [-0.25, -0.2) is 9.78 Å². The Bertz CT molecular complexity index is 438. The Morgan fingerprint density at radius 3 is 3.16 bits per heavy atom. The molecule has 6 nitrogen and oxygen atoms in total. The van der Waals surface area contributed by atoms with E-state index >= 15 is 0 Å². The molecule has 1 aromatic heterocycles. The van der Waals surface area contributed by atoms with Gasteiger partial charge in [0.1, 0.15) is 11.6 Å². The number of hydrogen-bond acceptors (Lipinski definition) is 5. The lowest BCUT2D eigenvalue weighted by Gasteiger charge is -2.18. The van der Waals surface area contributed by atoms with Crippen molar-refractivity contribution in [3.63, 3.8) is 0 Å². The molecule has 1 aliphatic heterocycles. The first-order valence-electron chi connectivity index (χ1n) is 6.53. The van der Waals surface area contributed by atoms with E-state index in [0.29, 0.717) is 0 Å². The molecule has 104 valence electrons. The predicted octanol–water partition coefficient (Wildman–Crippen LogP) is 1.45. The zero-order chi connectivity index (χ0) is 13.7. The Kier molecular flexibility index (Phi) is 4.43. The molecule has 2 heterocycles. The van der Waals surface area contributed by atoms with Gasteiger partial charge in [-0.2, -0.15) is 0 Å². The highest BCUT2D eigenvalue weighted by molar-refractivity contribution is 5.67. The van der Waals surface area contributed by atoms with Crippen LogP contribution in [0, 0.1) is 0 Å². The SMILES string of the molecule is CCNc1cccc(N2CCC(NC(=O)OC)C2)n1. The second kappa shape index (κ2) is 6.26. The van der Waals surface area contributed by atoms with Gasteiger partial charge in [-0.3, -0.25) is 0 Å². The standard InChI is InChI=1S/C13H20N4O2/c1-3-14-11-5-4-6-12(16-11)17-8-7-10(9-17)15-13(18)19-2/h4-6,10H,3,7-9H2,1-2H3,(H,14,16)(H,15,18). The Morgan fingerprint density at radius 2 is 2.42 bits per heavy atom. The lowest BCUT2D eigenvalue weighted by atomic mass is 10.3. The summed E-state index contributed by atoms with van der Waals surface area (Å²) in [7, 11) is 1.38. The number of aromatic nitrogens is 1. The van der Waals surface area contributed by atoms with Crippen LogP contribution in [-0.2, 0) is 4.74 Å². The summed E-state index contributed by atoms with van der Waals surface area (Å²) in [5.41, 5.74) is 0. The molecule has 1 amide bonds. The summed E-state index contributed by atoms with van der Waals surface area (Å²) < 4.78 is 4.61. The van der Waals surface area contributed by atoms with Gasteiger partial charge in [-0.05, 0) is 25.5 Å². The van der Waals surface area contributed by atoms with Crippen molar-refractivity contribution in [2.75, 3.05) is 37.0 Å². The fourth-order valence-corrected chi connectivity index (χ4v) is 2.19. The number of anilines is 2. The highest BCUT2D eigenvalue weighted by Gasteiger charge is 2.25. The number of methoxy groups -OCH3 is 1. The van der Waals surface area contributed by atoms with Crippen molar-refractivity contribution < 1.29 is 9.53 Å². The molecule has 19 heavy (non-hydrogen) atoms. The molecule has 1 fully saturated rings. The fourth-order valence-electron chi connectivity index (χ4n) is 2.19. The molecule has 0 saturated carbocycles. The number of rotatable bonds is 4. The lowest BCUT2D eigenvalue weighted by molar-refractivity contribution is 0.167. The van der Waals surface area contributed by atoms with Crippen LogP contribution in [0.2, 0.25) is 0 Å². The summed E-state index contributed by atoms with van der Waals surface area (Å²) in [4.78, 5) is 17.9. The van der Waals surface area contributed by atoms with E-state index in [0.717, 1.165) is 37.7 Å². The number of nitrogens with zero attached hydrogens (tertiary/aromatic N) is 2. The normalized spacial score (nSPS) is 18.2. The minimum Gasteiger partial charge on any atom is -0.453 e. The third kappa shape index (κ3) is 3.49. The second-order valence-corrected chi connectivity index (χ2v) is 4.48. The highest BCUT2D eigenvalue weighted by Crippen LogP contribution is 2.19. The number of nitrogens with one attached hydrogen (secondary N) is 2. The molecule has 1 unspecified atom stereocenters. The van der Waals surface area contributed by atoms with Crippen LogP contribution in [0.25, 0.3) is 0 Å². The Hall–Kier alpha value is -1.98. The van der Waals surface area contributed by atoms with Crippen LogP contribution in [0.3, 0.4) is 0 Å². The van der Waals surface area contributed by atoms with Crippen LogP contribution in [0.1, 0.15) is 13.3 Å². The number of hydrogen-bond donors (Lipinski definition) is 2. The second-order valence-electron chi connectivity index (χ2n) is 4.48. The van der Waals surface area contributed by atoms with Gasteiger partial charge in [-0.1, -0.05) is 6.07 Å². The summed E-state index contributed by atoms with van der Waals surface area (Å²) in [6.07, 6.45) is 0.531. The Labute approximate surface area is 113 Å². The van der Waals surface area contributed by atoms with E-state index < -0.39 is 0 Å². The summed E-state index contributed by atoms with van der Waals surface area (Å²) in [6, 6.07) is 6.05. The van der Waals surface area contributed by atoms with Crippen LogP contribution >= 0.6 is 0 Å². The van der Waals surface area contributed by atoms with E-state index in [4.69, 9.17) is 0 Å². The number of pyridine rings is 1. The minimum absolute atomic E-state index is 0.122. The lowest BCUT2D eigenvalue weighted by Crippen LogP contribution is -2.37. The van der Waals surface area contributed by atoms with E-state index in [-0.39, 0.29) is 12.1 Å². The van der Waals surface area contributed by atoms with Crippen LogP contribution in [0.4, 0.5) is 16.4 Å². The number of carbonyl (C=O) groups is 1. The fraction of sp³-hybridized carbons (Fsp3) is 0.538. The van der Waals surface area contributed by atoms with E-state index in [9.17, 15) is 4.79 Å². The maximum Gasteiger partial charge on any atom is 0.407 e. The van der Waals surface area contributed by atoms with Gasteiger partial charge >= 0.3 is 6.09 Å². The van der Waals surface area contributed by atoms with Crippen LogP contribution in [0.15, 0.2) is 18.2 Å². The maximum absolute atomic E-state index is 11.2. The minimum atomic E-state index is -0.374. The molecule has 1 saturated heterocycles. The maximum atomic E-state index is 11.2.